The van der Waals surface area contributed by atoms with Gasteiger partial charge in [0.05, 0.1) is 5.69 Å². The average Bonchev–Trinajstić information content (AvgIpc) is 2.89. The predicted molar refractivity (Wildman–Crippen MR) is 62.4 cm³/mol. The van der Waals surface area contributed by atoms with E-state index in [2.05, 4.69) is 18.5 Å². The summed E-state index contributed by atoms with van der Waals surface area (Å²) in [5, 5.41) is 15.0. The van der Waals surface area contributed by atoms with Gasteiger partial charge in [0.25, 0.3) is 0 Å². The van der Waals surface area contributed by atoms with Gasteiger partial charge in [-0.15, -0.1) is 0 Å². The van der Waals surface area contributed by atoms with E-state index in [1.54, 1.807) is 0 Å². The molecule has 2 aliphatic carbocycles. The normalized spacial score (nSPS) is 22.2. The highest BCUT2D eigenvalue weighted by Gasteiger charge is 2.47. The van der Waals surface area contributed by atoms with Crippen LogP contribution in [0.5, 0.6) is 0 Å². The summed E-state index contributed by atoms with van der Waals surface area (Å²) in [6.45, 7) is 4.34. The minimum Gasteiger partial charge on any atom is -0.383 e. The lowest BCUT2D eigenvalue weighted by Gasteiger charge is -2.16. The van der Waals surface area contributed by atoms with Gasteiger partial charge in [-0.3, -0.25) is 4.68 Å². The first-order valence-electron chi connectivity index (χ1n) is 6.45. The van der Waals surface area contributed by atoms with Crippen LogP contribution in [0.2, 0.25) is 0 Å². The molecule has 1 N–H and O–H groups in total. The Labute approximate surface area is 96.5 Å². The highest BCUT2D eigenvalue weighted by Crippen LogP contribution is 2.47. The smallest absolute Gasteiger partial charge is 0.109 e. The van der Waals surface area contributed by atoms with Gasteiger partial charge < -0.3 is 5.11 Å². The Morgan fingerprint density at radius 3 is 2.56 bits per heavy atom. The number of aromatic nitrogens is 2. The van der Waals surface area contributed by atoms with Crippen LogP contribution in [0.4, 0.5) is 0 Å². The zero-order valence-corrected chi connectivity index (χ0v) is 10.2. The fourth-order valence-electron chi connectivity index (χ4n) is 2.78. The summed E-state index contributed by atoms with van der Waals surface area (Å²) in [7, 11) is 0. The van der Waals surface area contributed by atoms with Crippen LogP contribution in [0.1, 0.15) is 62.5 Å². The molecule has 0 spiro atoms. The molecule has 0 aliphatic heterocycles. The number of rotatable bonds is 2. The number of hydrogen-bond donors (Lipinski definition) is 1. The van der Waals surface area contributed by atoms with Gasteiger partial charge >= 0.3 is 0 Å². The summed E-state index contributed by atoms with van der Waals surface area (Å²) < 4.78 is 2.14. The second kappa shape index (κ2) is 3.33. The van der Waals surface area contributed by atoms with E-state index >= 15 is 0 Å². The largest absolute Gasteiger partial charge is 0.383 e. The molecule has 3 rings (SSSR count). The maximum atomic E-state index is 10.3. The van der Waals surface area contributed by atoms with E-state index in [0.29, 0.717) is 6.04 Å². The fraction of sp³-hybridized carbons (Fsp3) is 0.769. The van der Waals surface area contributed by atoms with Crippen molar-refractivity contribution in [2.24, 2.45) is 0 Å². The van der Waals surface area contributed by atoms with Crippen LogP contribution < -0.4 is 0 Å². The molecule has 1 aromatic rings. The van der Waals surface area contributed by atoms with Gasteiger partial charge in [0.1, 0.15) is 5.60 Å². The second-order valence-electron chi connectivity index (χ2n) is 5.55. The molecule has 16 heavy (non-hydrogen) atoms. The third-order valence-corrected chi connectivity index (χ3v) is 3.86. The molecule has 0 radical (unpaired) electrons. The van der Waals surface area contributed by atoms with Crippen molar-refractivity contribution in [2.75, 3.05) is 0 Å². The van der Waals surface area contributed by atoms with E-state index in [1.165, 1.54) is 24.1 Å². The van der Waals surface area contributed by atoms with Crippen LogP contribution in [-0.4, -0.2) is 14.9 Å². The Bertz CT molecular complexity index is 416. The Hall–Kier alpha value is -0.830. The number of aliphatic hydroxyl groups is 1. The van der Waals surface area contributed by atoms with Crippen molar-refractivity contribution in [3.05, 3.63) is 17.0 Å². The zero-order valence-electron chi connectivity index (χ0n) is 10.2. The van der Waals surface area contributed by atoms with Crippen molar-refractivity contribution < 1.29 is 5.11 Å². The molecule has 0 atom stereocenters. The van der Waals surface area contributed by atoms with E-state index < -0.39 is 5.60 Å². The van der Waals surface area contributed by atoms with Crippen molar-refractivity contribution in [1.82, 2.24) is 9.78 Å². The van der Waals surface area contributed by atoms with E-state index in [0.717, 1.165) is 31.4 Å². The van der Waals surface area contributed by atoms with Crippen molar-refractivity contribution in [3.8, 4) is 0 Å². The predicted octanol–water partition coefficient (Wildman–Crippen LogP) is 2.32. The molecule has 1 aromatic heterocycles. The first kappa shape index (κ1) is 10.3. The van der Waals surface area contributed by atoms with Crippen molar-refractivity contribution in [2.45, 2.75) is 64.0 Å². The van der Waals surface area contributed by atoms with Crippen molar-refractivity contribution >= 4 is 0 Å². The van der Waals surface area contributed by atoms with E-state index in [4.69, 9.17) is 5.10 Å². The van der Waals surface area contributed by atoms with Crippen LogP contribution >= 0.6 is 0 Å². The summed E-state index contributed by atoms with van der Waals surface area (Å²) in [4.78, 5) is 0. The van der Waals surface area contributed by atoms with Crippen LogP contribution in [0.15, 0.2) is 0 Å². The molecular weight excluding hydrogens is 200 g/mol. The highest BCUT2D eigenvalue weighted by atomic mass is 16.3. The van der Waals surface area contributed by atoms with Gasteiger partial charge in [0.2, 0.25) is 0 Å². The van der Waals surface area contributed by atoms with Crippen LogP contribution in [0, 0.1) is 0 Å². The second-order valence-corrected chi connectivity index (χ2v) is 5.55. The fourth-order valence-corrected chi connectivity index (χ4v) is 2.78. The maximum absolute atomic E-state index is 10.3. The summed E-state index contributed by atoms with van der Waals surface area (Å²) in [6.07, 6.45) is 6.56. The summed E-state index contributed by atoms with van der Waals surface area (Å²) in [5.74, 6) is 0. The number of hydrogen-bond acceptors (Lipinski definition) is 2. The Morgan fingerprint density at radius 1 is 1.25 bits per heavy atom. The van der Waals surface area contributed by atoms with E-state index in [1.807, 2.05) is 0 Å². The molecule has 3 heteroatoms. The monoisotopic (exact) mass is 220 g/mol. The van der Waals surface area contributed by atoms with Gasteiger partial charge in [-0.2, -0.15) is 5.10 Å². The molecule has 3 nitrogen and oxygen atoms in total. The third kappa shape index (κ3) is 1.41. The lowest BCUT2D eigenvalue weighted by atomic mass is 9.93. The Kier molecular flexibility index (Phi) is 2.15. The van der Waals surface area contributed by atoms with Crippen LogP contribution in [0.25, 0.3) is 0 Å². The first-order valence-corrected chi connectivity index (χ1v) is 6.45. The molecule has 0 aromatic carbocycles. The minimum absolute atomic E-state index is 0.406. The van der Waals surface area contributed by atoms with Gasteiger partial charge in [0.15, 0.2) is 0 Å². The molecule has 88 valence electrons. The van der Waals surface area contributed by atoms with Crippen LogP contribution in [-0.2, 0) is 18.4 Å². The molecular formula is C13H20N2O. The molecule has 0 saturated heterocycles. The Balaban J connectivity index is 2.11. The maximum Gasteiger partial charge on any atom is 0.109 e. The number of fused-ring (bicyclic) bond motifs is 1. The SMILES string of the molecule is CC(C)n1nc(C2(O)CC2)c2c1CCCC2. The van der Waals surface area contributed by atoms with Crippen LogP contribution in [0.3, 0.4) is 0 Å². The van der Waals surface area contributed by atoms with E-state index in [-0.39, 0.29) is 0 Å². The third-order valence-electron chi connectivity index (χ3n) is 3.86. The zero-order chi connectivity index (χ0) is 11.3. The summed E-state index contributed by atoms with van der Waals surface area (Å²) in [6, 6.07) is 0.406. The molecule has 1 fully saturated rings. The molecule has 0 bridgehead atoms. The van der Waals surface area contributed by atoms with Gasteiger partial charge in [-0.25, -0.2) is 0 Å². The van der Waals surface area contributed by atoms with E-state index in [9.17, 15) is 5.11 Å². The highest BCUT2D eigenvalue weighted by molar-refractivity contribution is 5.35. The lowest BCUT2D eigenvalue weighted by molar-refractivity contribution is 0.144. The quantitative estimate of drug-likeness (QED) is 0.830. The molecule has 1 saturated carbocycles. The molecule has 1 heterocycles. The standard InChI is InChI=1S/C13H20N2O/c1-9(2)15-11-6-4-3-5-10(11)12(14-15)13(16)7-8-13/h9,16H,3-8H2,1-2H3. The lowest BCUT2D eigenvalue weighted by Crippen LogP contribution is -2.11. The molecule has 2 aliphatic rings. The minimum atomic E-state index is -0.568. The molecule has 0 unspecified atom stereocenters. The van der Waals surface area contributed by atoms with Gasteiger partial charge in [-0.1, -0.05) is 0 Å². The molecule has 0 amide bonds. The summed E-state index contributed by atoms with van der Waals surface area (Å²) >= 11 is 0. The first-order chi connectivity index (χ1) is 7.62. The average molecular weight is 220 g/mol. The Morgan fingerprint density at radius 2 is 1.94 bits per heavy atom. The van der Waals surface area contributed by atoms with Gasteiger partial charge in [-0.05, 0) is 57.9 Å². The van der Waals surface area contributed by atoms with Crippen molar-refractivity contribution in [3.63, 3.8) is 0 Å². The van der Waals surface area contributed by atoms with Crippen molar-refractivity contribution in [1.29, 1.82) is 0 Å². The topological polar surface area (TPSA) is 38.0 Å². The van der Waals surface area contributed by atoms with Gasteiger partial charge in [0, 0.05) is 11.7 Å². The summed E-state index contributed by atoms with van der Waals surface area (Å²) in [5.41, 5.74) is 3.18. The number of nitrogens with zero attached hydrogens (tertiary/aromatic N) is 2.